The minimum absolute atomic E-state index is 0. The van der Waals surface area contributed by atoms with E-state index >= 15 is 0 Å². The maximum absolute atomic E-state index is 12.3. The molecule has 0 aromatic heterocycles. The van der Waals surface area contributed by atoms with E-state index in [-0.39, 0.29) is 23.7 Å². The van der Waals surface area contributed by atoms with Crippen LogP contribution < -0.4 is 11.1 Å². The number of nitrogens with one attached hydrogen (secondary N) is 1. The van der Waals surface area contributed by atoms with E-state index in [9.17, 15) is 4.79 Å². The van der Waals surface area contributed by atoms with Crippen molar-refractivity contribution in [3.05, 3.63) is 0 Å². The molecule has 1 amide bonds. The molecule has 0 spiro atoms. The van der Waals surface area contributed by atoms with Crippen LogP contribution in [0.4, 0.5) is 0 Å². The molecule has 1 aliphatic carbocycles. The van der Waals surface area contributed by atoms with Crippen LogP contribution in [0.2, 0.25) is 0 Å². The van der Waals surface area contributed by atoms with Crippen molar-refractivity contribution in [2.75, 3.05) is 26.8 Å². The molecule has 1 fully saturated rings. The summed E-state index contributed by atoms with van der Waals surface area (Å²) in [5.74, 6) is 0.124. The summed E-state index contributed by atoms with van der Waals surface area (Å²) < 4.78 is 5.12. The first-order valence-corrected chi connectivity index (χ1v) is 7.05. The normalized spacial score (nSPS) is 16.6. The highest BCUT2D eigenvalue weighted by Gasteiger charge is 2.43. The minimum atomic E-state index is -0.378. The summed E-state index contributed by atoms with van der Waals surface area (Å²) in [6, 6.07) is 0. The van der Waals surface area contributed by atoms with Crippen molar-refractivity contribution in [1.29, 1.82) is 0 Å². The molecule has 0 aromatic carbocycles. The highest BCUT2D eigenvalue weighted by atomic mass is 35.5. The van der Waals surface area contributed by atoms with Gasteiger partial charge in [0.1, 0.15) is 0 Å². The lowest BCUT2D eigenvalue weighted by atomic mass is 9.81. The van der Waals surface area contributed by atoms with Gasteiger partial charge in [0.05, 0.1) is 5.41 Å². The monoisotopic (exact) mass is 292 g/mol. The molecule has 5 heteroatoms. The summed E-state index contributed by atoms with van der Waals surface area (Å²) in [6.07, 6.45) is 5.04. The fraction of sp³-hybridized carbons (Fsp3) is 0.929. The Labute approximate surface area is 123 Å². The van der Waals surface area contributed by atoms with E-state index in [2.05, 4.69) is 5.32 Å². The van der Waals surface area contributed by atoms with Crippen LogP contribution in [0.3, 0.4) is 0 Å². The third-order valence-electron chi connectivity index (χ3n) is 4.64. The van der Waals surface area contributed by atoms with Gasteiger partial charge in [0, 0.05) is 26.8 Å². The number of halogens is 1. The molecule has 0 unspecified atom stereocenters. The van der Waals surface area contributed by atoms with Crippen LogP contribution in [0.25, 0.3) is 0 Å². The highest BCUT2D eigenvalue weighted by molar-refractivity contribution is 5.85. The van der Waals surface area contributed by atoms with Crippen LogP contribution in [0.5, 0.6) is 0 Å². The fourth-order valence-corrected chi connectivity index (χ4v) is 2.42. The number of amides is 1. The number of nitrogens with two attached hydrogens (primary N) is 1. The third-order valence-corrected chi connectivity index (χ3v) is 4.64. The number of hydrogen-bond acceptors (Lipinski definition) is 3. The zero-order valence-electron chi connectivity index (χ0n) is 12.5. The van der Waals surface area contributed by atoms with Crippen molar-refractivity contribution in [3.63, 3.8) is 0 Å². The smallest absolute Gasteiger partial charge is 0.227 e. The van der Waals surface area contributed by atoms with Crippen LogP contribution >= 0.6 is 12.4 Å². The van der Waals surface area contributed by atoms with Gasteiger partial charge in [-0.05, 0) is 37.5 Å². The molecular formula is C14H29ClN2O2. The maximum Gasteiger partial charge on any atom is 0.227 e. The zero-order chi connectivity index (χ0) is 13.6. The van der Waals surface area contributed by atoms with E-state index in [0.717, 1.165) is 32.4 Å². The third kappa shape index (κ3) is 4.62. The summed E-state index contributed by atoms with van der Waals surface area (Å²) in [5, 5.41) is 3.11. The van der Waals surface area contributed by atoms with Crippen molar-refractivity contribution in [1.82, 2.24) is 5.32 Å². The van der Waals surface area contributed by atoms with Crippen LogP contribution in [0, 0.1) is 10.8 Å². The first kappa shape index (κ1) is 18.7. The number of rotatable bonds is 9. The Morgan fingerprint density at radius 1 is 1.37 bits per heavy atom. The van der Waals surface area contributed by atoms with Crippen molar-refractivity contribution in [2.45, 2.75) is 46.0 Å². The van der Waals surface area contributed by atoms with Gasteiger partial charge in [0.25, 0.3) is 0 Å². The predicted molar refractivity (Wildman–Crippen MR) is 80.5 cm³/mol. The van der Waals surface area contributed by atoms with Gasteiger partial charge in [-0.25, -0.2) is 0 Å². The van der Waals surface area contributed by atoms with Gasteiger partial charge in [-0.1, -0.05) is 13.8 Å². The Kier molecular flexibility index (Phi) is 7.94. The van der Waals surface area contributed by atoms with Gasteiger partial charge in [0.15, 0.2) is 0 Å². The summed E-state index contributed by atoms with van der Waals surface area (Å²) in [5.41, 5.74) is 5.71. The lowest BCUT2D eigenvalue weighted by molar-refractivity contribution is -0.131. The molecule has 3 N–H and O–H groups in total. The number of ether oxygens (including phenoxy) is 1. The van der Waals surface area contributed by atoms with Gasteiger partial charge in [-0.2, -0.15) is 0 Å². The van der Waals surface area contributed by atoms with Crippen LogP contribution in [0.1, 0.15) is 46.0 Å². The lowest BCUT2D eigenvalue weighted by Crippen LogP contribution is -2.46. The molecule has 1 aliphatic rings. The number of carbonyl (C=O) groups is 1. The molecule has 0 heterocycles. The van der Waals surface area contributed by atoms with Crippen molar-refractivity contribution in [3.8, 4) is 0 Å². The van der Waals surface area contributed by atoms with Crippen LogP contribution in [0.15, 0.2) is 0 Å². The SMILES string of the molecule is CCC(CC)(CN)C(=O)NCC1(CCOC)CC1.Cl. The number of hydrogen-bond donors (Lipinski definition) is 2. The van der Waals surface area contributed by atoms with Crippen molar-refractivity contribution >= 4 is 18.3 Å². The van der Waals surface area contributed by atoms with Gasteiger partial charge in [0.2, 0.25) is 5.91 Å². The Hall–Kier alpha value is -0.320. The standard InChI is InChI=1S/C14H28N2O2.ClH/c1-4-14(5-2,10-15)12(17)16-11-13(6-7-13)8-9-18-3;/h4-11,15H2,1-3H3,(H,16,17);1H. The van der Waals surface area contributed by atoms with Gasteiger partial charge < -0.3 is 15.8 Å². The molecule has 0 bridgehead atoms. The van der Waals surface area contributed by atoms with E-state index in [1.807, 2.05) is 13.8 Å². The van der Waals surface area contributed by atoms with Crippen LogP contribution in [-0.4, -0.2) is 32.7 Å². The molecule has 0 aliphatic heterocycles. The number of carbonyl (C=O) groups excluding carboxylic acids is 1. The summed E-state index contributed by atoms with van der Waals surface area (Å²) >= 11 is 0. The van der Waals surface area contributed by atoms with E-state index in [0.29, 0.717) is 12.0 Å². The summed E-state index contributed by atoms with van der Waals surface area (Å²) in [4.78, 5) is 12.3. The largest absolute Gasteiger partial charge is 0.385 e. The Balaban J connectivity index is 0.00000324. The van der Waals surface area contributed by atoms with Gasteiger partial charge in [-0.15, -0.1) is 12.4 Å². The zero-order valence-corrected chi connectivity index (χ0v) is 13.3. The van der Waals surface area contributed by atoms with Gasteiger partial charge in [-0.3, -0.25) is 4.79 Å². The van der Waals surface area contributed by atoms with E-state index < -0.39 is 0 Å². The minimum Gasteiger partial charge on any atom is -0.385 e. The van der Waals surface area contributed by atoms with Crippen LogP contribution in [-0.2, 0) is 9.53 Å². The molecule has 0 saturated heterocycles. The second-order valence-corrected chi connectivity index (χ2v) is 5.62. The summed E-state index contributed by atoms with van der Waals surface area (Å²) in [7, 11) is 1.72. The Morgan fingerprint density at radius 3 is 2.32 bits per heavy atom. The second-order valence-electron chi connectivity index (χ2n) is 5.62. The topological polar surface area (TPSA) is 64.4 Å². The van der Waals surface area contributed by atoms with Crippen molar-refractivity contribution in [2.24, 2.45) is 16.6 Å². The molecule has 0 radical (unpaired) electrons. The molecule has 114 valence electrons. The molecule has 0 aromatic rings. The highest BCUT2D eigenvalue weighted by Crippen LogP contribution is 2.48. The predicted octanol–water partition coefficient (Wildman–Crippen LogP) is 2.11. The average molecular weight is 293 g/mol. The Bertz CT molecular complexity index is 268. The van der Waals surface area contributed by atoms with Crippen molar-refractivity contribution < 1.29 is 9.53 Å². The molecular weight excluding hydrogens is 264 g/mol. The fourth-order valence-electron chi connectivity index (χ4n) is 2.42. The molecule has 19 heavy (non-hydrogen) atoms. The Morgan fingerprint density at radius 2 is 1.95 bits per heavy atom. The molecule has 0 atom stereocenters. The average Bonchev–Trinajstić information content (AvgIpc) is 3.17. The summed E-state index contributed by atoms with van der Waals surface area (Å²) in [6.45, 7) is 6.05. The molecule has 1 rings (SSSR count). The first-order chi connectivity index (χ1) is 8.58. The van der Waals surface area contributed by atoms with E-state index in [1.165, 1.54) is 12.8 Å². The number of methoxy groups -OCH3 is 1. The maximum atomic E-state index is 12.3. The second kappa shape index (κ2) is 8.08. The lowest BCUT2D eigenvalue weighted by Gasteiger charge is -2.29. The molecule has 4 nitrogen and oxygen atoms in total. The van der Waals surface area contributed by atoms with E-state index in [1.54, 1.807) is 7.11 Å². The van der Waals surface area contributed by atoms with Gasteiger partial charge >= 0.3 is 0 Å². The first-order valence-electron chi connectivity index (χ1n) is 7.05. The quantitative estimate of drug-likeness (QED) is 0.684. The van der Waals surface area contributed by atoms with E-state index in [4.69, 9.17) is 10.5 Å². The molecule has 1 saturated carbocycles.